The van der Waals surface area contributed by atoms with E-state index in [4.69, 9.17) is 10.2 Å². The SMILES string of the molecule is CCCCCC(CN)N(Cc1ccco1)C1CC1. The lowest BCUT2D eigenvalue weighted by Gasteiger charge is -2.30. The van der Waals surface area contributed by atoms with Crippen molar-refractivity contribution in [1.82, 2.24) is 4.90 Å². The summed E-state index contributed by atoms with van der Waals surface area (Å²) in [6.45, 7) is 3.94. The molecule has 0 bridgehead atoms. The van der Waals surface area contributed by atoms with Gasteiger partial charge in [0.25, 0.3) is 0 Å². The fourth-order valence-corrected chi connectivity index (χ4v) is 2.59. The van der Waals surface area contributed by atoms with Crippen LogP contribution in [0.2, 0.25) is 0 Å². The molecule has 0 aliphatic heterocycles. The van der Waals surface area contributed by atoms with Crippen LogP contribution >= 0.6 is 0 Å². The first-order chi connectivity index (χ1) is 8.85. The molecule has 1 fully saturated rings. The Balaban J connectivity index is 1.89. The fraction of sp³-hybridized carbons (Fsp3) is 0.733. The van der Waals surface area contributed by atoms with Crippen LogP contribution in [0.25, 0.3) is 0 Å². The standard InChI is InChI=1S/C15H26N2O/c1-2-3-4-6-14(11-16)17(13-8-9-13)12-15-7-5-10-18-15/h5,7,10,13-14H,2-4,6,8-9,11-12,16H2,1H3. The van der Waals surface area contributed by atoms with Crippen LogP contribution in [0.4, 0.5) is 0 Å². The number of hydrogen-bond donors (Lipinski definition) is 1. The molecule has 0 radical (unpaired) electrons. The minimum Gasteiger partial charge on any atom is -0.468 e. The number of rotatable bonds is 9. The maximum atomic E-state index is 5.98. The van der Waals surface area contributed by atoms with Crippen molar-refractivity contribution in [3.63, 3.8) is 0 Å². The molecule has 102 valence electrons. The molecule has 1 atom stereocenters. The zero-order chi connectivity index (χ0) is 12.8. The Labute approximate surface area is 110 Å². The second kappa shape index (κ2) is 6.95. The van der Waals surface area contributed by atoms with Crippen LogP contribution in [0, 0.1) is 0 Å². The maximum absolute atomic E-state index is 5.98. The van der Waals surface area contributed by atoms with Crippen molar-refractivity contribution in [3.8, 4) is 0 Å². The highest BCUT2D eigenvalue weighted by Gasteiger charge is 2.33. The topological polar surface area (TPSA) is 42.4 Å². The van der Waals surface area contributed by atoms with E-state index in [1.807, 2.05) is 6.07 Å². The summed E-state index contributed by atoms with van der Waals surface area (Å²) < 4.78 is 5.48. The summed E-state index contributed by atoms with van der Waals surface area (Å²) in [6.07, 6.45) is 9.51. The summed E-state index contributed by atoms with van der Waals surface area (Å²) in [4.78, 5) is 2.56. The normalized spacial score (nSPS) is 17.3. The predicted molar refractivity (Wildman–Crippen MR) is 74.3 cm³/mol. The summed E-state index contributed by atoms with van der Waals surface area (Å²) in [6, 6.07) is 5.30. The van der Waals surface area contributed by atoms with Crippen LogP contribution < -0.4 is 5.73 Å². The minimum absolute atomic E-state index is 0.522. The number of furan rings is 1. The summed E-state index contributed by atoms with van der Waals surface area (Å²) in [5, 5.41) is 0. The molecule has 18 heavy (non-hydrogen) atoms. The third-order valence-corrected chi connectivity index (χ3v) is 3.82. The van der Waals surface area contributed by atoms with Crippen molar-refractivity contribution < 1.29 is 4.42 Å². The smallest absolute Gasteiger partial charge is 0.117 e. The number of unbranched alkanes of at least 4 members (excludes halogenated alkanes) is 2. The van der Waals surface area contributed by atoms with E-state index in [2.05, 4.69) is 17.9 Å². The Morgan fingerprint density at radius 2 is 2.28 bits per heavy atom. The Bertz CT molecular complexity index is 319. The van der Waals surface area contributed by atoms with Gasteiger partial charge in [0, 0.05) is 18.6 Å². The second-order valence-electron chi connectivity index (χ2n) is 5.37. The molecule has 1 aliphatic carbocycles. The van der Waals surface area contributed by atoms with E-state index in [9.17, 15) is 0 Å². The number of nitrogens with two attached hydrogens (primary N) is 1. The molecule has 0 amide bonds. The lowest BCUT2D eigenvalue weighted by Crippen LogP contribution is -2.41. The molecule has 1 heterocycles. The minimum atomic E-state index is 0.522. The molecule has 3 heteroatoms. The van der Waals surface area contributed by atoms with E-state index in [-0.39, 0.29) is 0 Å². The first kappa shape index (κ1) is 13.6. The molecule has 0 spiro atoms. The summed E-state index contributed by atoms with van der Waals surface area (Å²) in [7, 11) is 0. The van der Waals surface area contributed by atoms with Gasteiger partial charge in [-0.3, -0.25) is 4.90 Å². The highest BCUT2D eigenvalue weighted by molar-refractivity contribution is 5.01. The van der Waals surface area contributed by atoms with Crippen molar-refractivity contribution in [3.05, 3.63) is 24.2 Å². The zero-order valence-corrected chi connectivity index (χ0v) is 11.5. The Hall–Kier alpha value is -0.800. The quantitative estimate of drug-likeness (QED) is 0.685. The molecule has 1 aromatic rings. The average molecular weight is 250 g/mol. The van der Waals surface area contributed by atoms with Crippen LogP contribution in [-0.4, -0.2) is 23.5 Å². The van der Waals surface area contributed by atoms with Crippen LogP contribution in [0.1, 0.15) is 51.2 Å². The van der Waals surface area contributed by atoms with E-state index >= 15 is 0 Å². The molecule has 0 aromatic carbocycles. The van der Waals surface area contributed by atoms with Gasteiger partial charge in [0.15, 0.2) is 0 Å². The summed E-state index contributed by atoms with van der Waals surface area (Å²) in [5.41, 5.74) is 5.98. The van der Waals surface area contributed by atoms with Gasteiger partial charge in [0.2, 0.25) is 0 Å². The highest BCUT2D eigenvalue weighted by atomic mass is 16.3. The van der Waals surface area contributed by atoms with Crippen molar-refractivity contribution in [2.75, 3.05) is 6.54 Å². The van der Waals surface area contributed by atoms with Crippen LogP contribution in [-0.2, 0) is 6.54 Å². The van der Waals surface area contributed by atoms with E-state index in [0.29, 0.717) is 6.04 Å². The average Bonchev–Trinajstić information content (AvgIpc) is 3.10. The first-order valence-electron chi connectivity index (χ1n) is 7.33. The van der Waals surface area contributed by atoms with Crippen molar-refractivity contribution in [2.24, 2.45) is 5.73 Å². The summed E-state index contributed by atoms with van der Waals surface area (Å²) in [5.74, 6) is 1.07. The van der Waals surface area contributed by atoms with E-state index in [1.165, 1.54) is 38.5 Å². The maximum Gasteiger partial charge on any atom is 0.117 e. The third kappa shape index (κ3) is 3.85. The number of hydrogen-bond acceptors (Lipinski definition) is 3. The summed E-state index contributed by atoms with van der Waals surface area (Å²) >= 11 is 0. The molecule has 1 saturated carbocycles. The zero-order valence-electron chi connectivity index (χ0n) is 11.5. The predicted octanol–water partition coefficient (Wildman–Crippen LogP) is 3.15. The Morgan fingerprint density at radius 3 is 2.83 bits per heavy atom. The van der Waals surface area contributed by atoms with Crippen molar-refractivity contribution in [2.45, 2.75) is 64.1 Å². The van der Waals surface area contributed by atoms with Crippen molar-refractivity contribution in [1.29, 1.82) is 0 Å². The molecule has 2 rings (SSSR count). The third-order valence-electron chi connectivity index (χ3n) is 3.82. The molecule has 3 nitrogen and oxygen atoms in total. The van der Waals surface area contributed by atoms with Gasteiger partial charge in [0.1, 0.15) is 5.76 Å². The van der Waals surface area contributed by atoms with Gasteiger partial charge in [-0.05, 0) is 31.4 Å². The lowest BCUT2D eigenvalue weighted by molar-refractivity contribution is 0.156. The molecular weight excluding hydrogens is 224 g/mol. The second-order valence-corrected chi connectivity index (χ2v) is 5.37. The van der Waals surface area contributed by atoms with Gasteiger partial charge in [-0.2, -0.15) is 0 Å². The Kier molecular flexibility index (Phi) is 5.26. The van der Waals surface area contributed by atoms with Crippen LogP contribution in [0.15, 0.2) is 22.8 Å². The van der Waals surface area contributed by atoms with Crippen molar-refractivity contribution >= 4 is 0 Å². The Morgan fingerprint density at radius 1 is 1.44 bits per heavy atom. The van der Waals surface area contributed by atoms with E-state index in [1.54, 1.807) is 6.26 Å². The molecule has 1 aromatic heterocycles. The molecule has 1 aliphatic rings. The fourth-order valence-electron chi connectivity index (χ4n) is 2.59. The van der Waals surface area contributed by atoms with E-state index in [0.717, 1.165) is 24.9 Å². The van der Waals surface area contributed by atoms with Crippen LogP contribution in [0.5, 0.6) is 0 Å². The number of nitrogens with zero attached hydrogens (tertiary/aromatic N) is 1. The van der Waals surface area contributed by atoms with Gasteiger partial charge in [-0.1, -0.05) is 26.2 Å². The van der Waals surface area contributed by atoms with Crippen LogP contribution in [0.3, 0.4) is 0 Å². The molecular formula is C15H26N2O. The monoisotopic (exact) mass is 250 g/mol. The van der Waals surface area contributed by atoms with E-state index < -0.39 is 0 Å². The van der Waals surface area contributed by atoms with Gasteiger partial charge < -0.3 is 10.2 Å². The van der Waals surface area contributed by atoms with Gasteiger partial charge in [0.05, 0.1) is 12.8 Å². The largest absolute Gasteiger partial charge is 0.468 e. The first-order valence-corrected chi connectivity index (χ1v) is 7.33. The van der Waals surface area contributed by atoms with Gasteiger partial charge in [-0.25, -0.2) is 0 Å². The highest BCUT2D eigenvalue weighted by Crippen LogP contribution is 2.31. The molecule has 2 N–H and O–H groups in total. The molecule has 0 saturated heterocycles. The van der Waals surface area contributed by atoms with Gasteiger partial charge in [-0.15, -0.1) is 0 Å². The lowest BCUT2D eigenvalue weighted by atomic mass is 10.1. The molecule has 1 unspecified atom stereocenters. The van der Waals surface area contributed by atoms with Gasteiger partial charge >= 0.3 is 0 Å².